The SMILES string of the molecule is COc1ccc2c(C(=O)c3cc(OC)c(OC)c(OCc4ccccc4)c3)c[nH]c2c1. The largest absolute Gasteiger partial charge is 0.497 e. The Kier molecular flexibility index (Phi) is 5.80. The fourth-order valence-electron chi connectivity index (χ4n) is 3.48. The van der Waals surface area contributed by atoms with Crippen molar-refractivity contribution in [2.24, 2.45) is 0 Å². The number of aromatic amines is 1. The molecule has 0 fully saturated rings. The molecule has 4 aromatic rings. The van der Waals surface area contributed by atoms with Crippen LogP contribution in [0.1, 0.15) is 21.5 Å². The molecule has 1 N–H and O–H groups in total. The number of carbonyl (C=O) groups is 1. The van der Waals surface area contributed by atoms with Gasteiger partial charge in [-0.2, -0.15) is 0 Å². The lowest BCUT2D eigenvalue weighted by molar-refractivity contribution is 0.103. The van der Waals surface area contributed by atoms with Crippen LogP contribution >= 0.6 is 0 Å². The van der Waals surface area contributed by atoms with Crippen molar-refractivity contribution in [3.8, 4) is 23.0 Å². The molecule has 0 saturated heterocycles. The van der Waals surface area contributed by atoms with Gasteiger partial charge in [-0.05, 0) is 29.8 Å². The van der Waals surface area contributed by atoms with Crippen LogP contribution in [0, 0.1) is 0 Å². The van der Waals surface area contributed by atoms with Gasteiger partial charge in [0, 0.05) is 34.3 Å². The fourth-order valence-corrected chi connectivity index (χ4v) is 3.48. The minimum absolute atomic E-state index is 0.151. The third-order valence-corrected chi connectivity index (χ3v) is 5.08. The number of methoxy groups -OCH3 is 3. The van der Waals surface area contributed by atoms with Crippen LogP contribution in [0.15, 0.2) is 66.9 Å². The summed E-state index contributed by atoms with van der Waals surface area (Å²) in [5.74, 6) is 1.88. The zero-order chi connectivity index (χ0) is 21.8. The van der Waals surface area contributed by atoms with Crippen LogP contribution in [-0.4, -0.2) is 32.1 Å². The smallest absolute Gasteiger partial charge is 0.203 e. The molecule has 1 aromatic heterocycles. The molecule has 0 amide bonds. The zero-order valence-corrected chi connectivity index (χ0v) is 17.6. The topological polar surface area (TPSA) is 69.8 Å². The van der Waals surface area contributed by atoms with E-state index >= 15 is 0 Å². The van der Waals surface area contributed by atoms with Gasteiger partial charge >= 0.3 is 0 Å². The molecule has 0 atom stereocenters. The summed E-state index contributed by atoms with van der Waals surface area (Å²) in [5.41, 5.74) is 2.82. The number of aromatic nitrogens is 1. The van der Waals surface area contributed by atoms with Crippen LogP contribution < -0.4 is 18.9 Å². The van der Waals surface area contributed by atoms with Gasteiger partial charge in [-0.25, -0.2) is 0 Å². The van der Waals surface area contributed by atoms with Gasteiger partial charge in [0.2, 0.25) is 5.75 Å². The van der Waals surface area contributed by atoms with E-state index in [0.717, 1.165) is 22.2 Å². The van der Waals surface area contributed by atoms with Crippen molar-refractivity contribution in [2.45, 2.75) is 6.61 Å². The molecule has 158 valence electrons. The summed E-state index contributed by atoms with van der Waals surface area (Å²) < 4.78 is 22.2. The van der Waals surface area contributed by atoms with E-state index < -0.39 is 0 Å². The van der Waals surface area contributed by atoms with Crippen molar-refractivity contribution >= 4 is 16.7 Å². The van der Waals surface area contributed by atoms with Crippen molar-refractivity contribution in [2.75, 3.05) is 21.3 Å². The lowest BCUT2D eigenvalue weighted by atomic mass is 10.0. The van der Waals surface area contributed by atoms with Crippen molar-refractivity contribution in [3.05, 3.63) is 83.6 Å². The molecule has 1 heterocycles. The van der Waals surface area contributed by atoms with E-state index in [1.165, 1.54) is 7.11 Å². The van der Waals surface area contributed by atoms with Gasteiger partial charge in [-0.15, -0.1) is 0 Å². The van der Waals surface area contributed by atoms with E-state index in [2.05, 4.69) is 4.98 Å². The highest BCUT2D eigenvalue weighted by molar-refractivity contribution is 6.16. The van der Waals surface area contributed by atoms with Crippen molar-refractivity contribution in [1.29, 1.82) is 0 Å². The van der Waals surface area contributed by atoms with E-state index in [1.807, 2.05) is 48.5 Å². The van der Waals surface area contributed by atoms with Crippen LogP contribution in [0.3, 0.4) is 0 Å². The summed E-state index contributed by atoms with van der Waals surface area (Å²) >= 11 is 0. The summed E-state index contributed by atoms with van der Waals surface area (Å²) in [6, 6.07) is 18.7. The number of fused-ring (bicyclic) bond motifs is 1. The van der Waals surface area contributed by atoms with Gasteiger partial charge in [0.1, 0.15) is 12.4 Å². The molecule has 31 heavy (non-hydrogen) atoms. The van der Waals surface area contributed by atoms with Gasteiger partial charge in [0.05, 0.1) is 21.3 Å². The Labute approximate surface area is 180 Å². The molecule has 0 saturated carbocycles. The normalized spacial score (nSPS) is 10.7. The van der Waals surface area contributed by atoms with Crippen LogP contribution in [-0.2, 0) is 6.61 Å². The number of hydrogen-bond donors (Lipinski definition) is 1. The number of nitrogens with one attached hydrogen (secondary N) is 1. The lowest BCUT2D eigenvalue weighted by Crippen LogP contribution is -2.05. The average molecular weight is 417 g/mol. The van der Waals surface area contributed by atoms with Crippen LogP contribution in [0.2, 0.25) is 0 Å². The summed E-state index contributed by atoms with van der Waals surface area (Å²) in [7, 11) is 4.68. The molecule has 6 heteroatoms. The fraction of sp³-hybridized carbons (Fsp3) is 0.160. The number of carbonyl (C=O) groups excluding carboxylic acids is 1. The average Bonchev–Trinajstić information content (AvgIpc) is 3.25. The Balaban J connectivity index is 1.71. The van der Waals surface area contributed by atoms with E-state index in [-0.39, 0.29) is 5.78 Å². The molecular formula is C25H23NO5. The first-order valence-electron chi connectivity index (χ1n) is 9.77. The second-order valence-electron chi connectivity index (χ2n) is 6.93. The number of ether oxygens (including phenoxy) is 4. The van der Waals surface area contributed by atoms with Gasteiger partial charge in [0.15, 0.2) is 17.3 Å². The number of H-pyrrole nitrogens is 1. The molecular weight excluding hydrogens is 394 g/mol. The van der Waals surface area contributed by atoms with E-state index in [1.54, 1.807) is 32.5 Å². The zero-order valence-electron chi connectivity index (χ0n) is 17.6. The highest BCUT2D eigenvalue weighted by atomic mass is 16.5. The quantitative estimate of drug-likeness (QED) is 0.409. The highest BCUT2D eigenvalue weighted by Crippen LogP contribution is 2.39. The maximum absolute atomic E-state index is 13.4. The van der Waals surface area contributed by atoms with Crippen molar-refractivity contribution < 1.29 is 23.7 Å². The molecule has 0 bridgehead atoms. The molecule has 0 unspecified atom stereocenters. The minimum atomic E-state index is -0.151. The number of benzene rings is 3. The number of rotatable bonds is 8. The van der Waals surface area contributed by atoms with Gasteiger partial charge in [-0.3, -0.25) is 4.79 Å². The molecule has 6 nitrogen and oxygen atoms in total. The second kappa shape index (κ2) is 8.83. The summed E-state index contributed by atoms with van der Waals surface area (Å²) in [5, 5.41) is 0.812. The Bertz CT molecular complexity index is 1210. The third-order valence-electron chi connectivity index (χ3n) is 5.08. The Morgan fingerprint density at radius 2 is 1.65 bits per heavy atom. The standard InChI is InChI=1S/C25H23NO5/c1-28-18-9-10-19-20(14-26-21(19)13-18)24(27)17-11-22(29-2)25(30-3)23(12-17)31-15-16-7-5-4-6-8-16/h4-14,26H,15H2,1-3H3. The maximum Gasteiger partial charge on any atom is 0.203 e. The summed E-state index contributed by atoms with van der Waals surface area (Å²) in [6.07, 6.45) is 1.70. The first kappa shape index (κ1) is 20.3. The minimum Gasteiger partial charge on any atom is -0.497 e. The number of hydrogen-bond acceptors (Lipinski definition) is 5. The summed E-state index contributed by atoms with van der Waals surface area (Å²) in [4.78, 5) is 16.5. The van der Waals surface area contributed by atoms with E-state index in [4.69, 9.17) is 18.9 Å². The number of ketones is 1. The van der Waals surface area contributed by atoms with Gasteiger partial charge in [0.25, 0.3) is 0 Å². The Morgan fingerprint density at radius 1 is 0.871 bits per heavy atom. The molecule has 0 spiro atoms. The third kappa shape index (κ3) is 4.05. The predicted molar refractivity (Wildman–Crippen MR) is 119 cm³/mol. The lowest BCUT2D eigenvalue weighted by Gasteiger charge is -2.15. The first-order chi connectivity index (χ1) is 15.1. The molecule has 0 aliphatic heterocycles. The second-order valence-corrected chi connectivity index (χ2v) is 6.93. The summed E-state index contributed by atoms with van der Waals surface area (Å²) in [6.45, 7) is 0.338. The van der Waals surface area contributed by atoms with Crippen LogP contribution in [0.5, 0.6) is 23.0 Å². The predicted octanol–water partition coefficient (Wildman–Crippen LogP) is 5.00. The Morgan fingerprint density at radius 3 is 2.35 bits per heavy atom. The molecule has 4 rings (SSSR count). The van der Waals surface area contributed by atoms with Crippen LogP contribution in [0.4, 0.5) is 0 Å². The van der Waals surface area contributed by atoms with Crippen LogP contribution in [0.25, 0.3) is 10.9 Å². The molecule has 0 aliphatic rings. The van der Waals surface area contributed by atoms with E-state index in [0.29, 0.717) is 35.0 Å². The molecule has 0 aliphatic carbocycles. The monoisotopic (exact) mass is 417 g/mol. The highest BCUT2D eigenvalue weighted by Gasteiger charge is 2.21. The maximum atomic E-state index is 13.4. The van der Waals surface area contributed by atoms with Crippen molar-refractivity contribution in [1.82, 2.24) is 4.98 Å². The molecule has 3 aromatic carbocycles. The first-order valence-corrected chi connectivity index (χ1v) is 9.77. The Hall–Kier alpha value is -3.93. The molecule has 0 radical (unpaired) electrons. The van der Waals surface area contributed by atoms with Gasteiger partial charge < -0.3 is 23.9 Å². The van der Waals surface area contributed by atoms with Gasteiger partial charge in [-0.1, -0.05) is 30.3 Å². The van der Waals surface area contributed by atoms with Crippen molar-refractivity contribution in [3.63, 3.8) is 0 Å². The van der Waals surface area contributed by atoms with E-state index in [9.17, 15) is 4.79 Å².